The fraction of sp³-hybridized carbons (Fsp3) is 0.907. The summed E-state index contributed by atoms with van der Waals surface area (Å²) in [6.45, 7) is 2.16. The second-order valence-corrected chi connectivity index (χ2v) is 17.1. The molecular formula is C43H75BrN2O19. The van der Waals surface area contributed by atoms with Crippen molar-refractivity contribution < 1.29 is 90.5 Å². The van der Waals surface area contributed by atoms with Crippen molar-refractivity contribution in [1.29, 1.82) is 0 Å². The van der Waals surface area contributed by atoms with Crippen molar-refractivity contribution in [2.45, 2.75) is 136 Å². The molecule has 8 unspecified atom stereocenters. The summed E-state index contributed by atoms with van der Waals surface area (Å²) in [5, 5.41) is 17.4. The van der Waals surface area contributed by atoms with E-state index in [-0.39, 0.29) is 56.3 Å². The monoisotopic (exact) mass is 1000 g/mol. The predicted octanol–water partition coefficient (Wildman–Crippen LogP) is 0.136. The van der Waals surface area contributed by atoms with Gasteiger partial charge in [-0.05, 0) is 12.5 Å². The highest BCUT2D eigenvalue weighted by Crippen LogP contribution is 2.37. The molecule has 4 aliphatic rings. The van der Waals surface area contributed by atoms with Crippen LogP contribution in [0.25, 0.3) is 0 Å². The zero-order chi connectivity index (χ0) is 47.8. The third-order valence-electron chi connectivity index (χ3n) is 12.6. The summed E-state index contributed by atoms with van der Waals surface area (Å²) in [5.74, 6) is -0.748. The summed E-state index contributed by atoms with van der Waals surface area (Å²) >= 11 is 3.26. The van der Waals surface area contributed by atoms with Gasteiger partial charge in [0.05, 0.1) is 50.7 Å². The molecule has 0 spiro atoms. The standard InChI is InChI=1S/C43H75BrN2O19/c1-22-30(45-26-17-23(19-50-2)25(18-47)31(53-5)32(26)54-6)35(55-7)39(59-11)42(61-22)64-34-28(21-52-4)63-43(40(60-12)37(34)57-9)65-33-27(20-51-3)62-41(38(58-10)36(33)56-8)46-29(49)14-13-24(48)15-16-44/h17,22,25-28,30-43,45,47H,13-16,18-21H2,1-12H3,(H,46,49)/t22?,25-,26-,27?,28?,30+,31+,32?,33+,34+,35+,36+,37+,38?,39?,40?,41?,42+,43+/m0/s1. The van der Waals surface area contributed by atoms with Crippen LogP contribution in [0.2, 0.25) is 0 Å². The van der Waals surface area contributed by atoms with E-state index in [9.17, 15) is 14.7 Å². The Bertz CT molecular complexity index is 1440. The number of ketones is 1. The van der Waals surface area contributed by atoms with Gasteiger partial charge in [0.15, 0.2) is 18.8 Å². The van der Waals surface area contributed by atoms with Gasteiger partial charge in [0.25, 0.3) is 0 Å². The van der Waals surface area contributed by atoms with Gasteiger partial charge in [-0.15, -0.1) is 0 Å². The third-order valence-corrected chi connectivity index (χ3v) is 13.0. The van der Waals surface area contributed by atoms with Gasteiger partial charge in [0.2, 0.25) is 5.91 Å². The van der Waals surface area contributed by atoms with Gasteiger partial charge in [0, 0.05) is 109 Å². The number of methoxy groups -OCH3 is 11. The second-order valence-electron chi connectivity index (χ2n) is 16.3. The lowest BCUT2D eigenvalue weighted by molar-refractivity contribution is -0.375. The Morgan fingerprint density at radius 2 is 1.14 bits per heavy atom. The Kier molecular flexibility index (Phi) is 24.5. The number of alkyl halides is 1. The number of amides is 1. The van der Waals surface area contributed by atoms with E-state index >= 15 is 0 Å². The summed E-state index contributed by atoms with van der Waals surface area (Å²) in [6, 6.07) is -0.832. The molecule has 1 aliphatic carbocycles. The lowest BCUT2D eigenvalue weighted by Crippen LogP contribution is -2.69. The van der Waals surface area contributed by atoms with Gasteiger partial charge in [-0.1, -0.05) is 22.0 Å². The molecule has 0 radical (unpaired) electrons. The Balaban J connectivity index is 1.57. The molecule has 3 saturated heterocycles. The van der Waals surface area contributed by atoms with Crippen LogP contribution in [0.5, 0.6) is 0 Å². The largest absolute Gasteiger partial charge is 0.396 e. The predicted molar refractivity (Wildman–Crippen MR) is 234 cm³/mol. The smallest absolute Gasteiger partial charge is 0.222 e. The first kappa shape index (κ1) is 56.2. The number of rotatable bonds is 27. The zero-order valence-electron chi connectivity index (χ0n) is 39.9. The maximum Gasteiger partial charge on any atom is 0.222 e. The first-order chi connectivity index (χ1) is 31.4. The van der Waals surface area contributed by atoms with Crippen molar-refractivity contribution in [3.8, 4) is 0 Å². The number of carbonyl (C=O) groups excluding carboxylic acids is 2. The van der Waals surface area contributed by atoms with Gasteiger partial charge in [0.1, 0.15) is 72.9 Å². The van der Waals surface area contributed by atoms with E-state index in [0.717, 1.165) is 5.57 Å². The minimum Gasteiger partial charge on any atom is -0.396 e. The van der Waals surface area contributed by atoms with Crippen LogP contribution in [-0.2, 0) is 85.4 Å². The summed E-state index contributed by atoms with van der Waals surface area (Å²) < 4.78 is 98.1. The molecular weight excluding hydrogens is 928 g/mol. The highest BCUT2D eigenvalue weighted by molar-refractivity contribution is 9.09. The molecule has 0 saturated carbocycles. The van der Waals surface area contributed by atoms with Crippen molar-refractivity contribution in [3.05, 3.63) is 11.6 Å². The van der Waals surface area contributed by atoms with Crippen LogP contribution in [0.3, 0.4) is 0 Å². The molecule has 0 bridgehead atoms. The summed E-state index contributed by atoms with van der Waals surface area (Å²) in [4.78, 5) is 25.1. The van der Waals surface area contributed by atoms with Crippen LogP contribution in [0, 0.1) is 5.92 Å². The first-order valence-electron chi connectivity index (χ1n) is 21.8. The van der Waals surface area contributed by atoms with E-state index in [4.69, 9.17) is 75.8 Å². The number of halogens is 1. The first-order valence-corrected chi connectivity index (χ1v) is 23.0. The highest BCUT2D eigenvalue weighted by Gasteiger charge is 2.56. The average Bonchev–Trinajstić information content (AvgIpc) is 3.29. The van der Waals surface area contributed by atoms with E-state index in [0.29, 0.717) is 18.4 Å². The second kappa shape index (κ2) is 28.3. The van der Waals surface area contributed by atoms with Gasteiger partial charge in [-0.25, -0.2) is 0 Å². The number of nitrogens with one attached hydrogen (secondary N) is 2. The van der Waals surface area contributed by atoms with Crippen LogP contribution in [0.15, 0.2) is 11.6 Å². The minimum absolute atomic E-state index is 0.0210. The molecule has 3 heterocycles. The Morgan fingerprint density at radius 3 is 1.65 bits per heavy atom. The van der Waals surface area contributed by atoms with Gasteiger partial charge >= 0.3 is 0 Å². The lowest BCUT2D eigenvalue weighted by atomic mass is 9.80. The maximum atomic E-state index is 13.0. The topological polar surface area (TPSA) is 226 Å². The molecule has 0 aromatic rings. The number of carbonyl (C=O) groups is 2. The molecule has 65 heavy (non-hydrogen) atoms. The van der Waals surface area contributed by atoms with Crippen LogP contribution in [-0.4, -0.2) is 237 Å². The molecule has 3 N–H and O–H groups in total. The molecule has 21 nitrogen and oxygen atoms in total. The summed E-state index contributed by atoms with van der Waals surface area (Å²) in [7, 11) is 17.0. The van der Waals surface area contributed by atoms with E-state index in [1.165, 1.54) is 42.7 Å². The fourth-order valence-corrected chi connectivity index (χ4v) is 9.90. The number of Topliss-reactive ketones (excluding diaryl/α,β-unsaturated/α-hetero) is 1. The maximum absolute atomic E-state index is 13.0. The Labute approximate surface area is 391 Å². The summed E-state index contributed by atoms with van der Waals surface area (Å²) in [6.07, 6.45) is -10.2. The van der Waals surface area contributed by atoms with Crippen LogP contribution >= 0.6 is 15.9 Å². The molecule has 1 amide bonds. The Hall–Kier alpha value is -1.36. The SMILES string of the molecule is COCC1=C[C@H](N[C@@H]2C(C)O[C@H](O[C@@H]3C(COC)O[C@H](O[C@@H]4C(COC)OC(NC(=O)CCC(=O)CCBr)C(OC)[C@@H]4OC)C(OC)[C@@H]3OC)C(OC)[C@@H]2OC)C(OC)[C@H](OC)[C@H]1CO. The quantitative estimate of drug-likeness (QED) is 0.0735. The number of aliphatic hydroxyl groups excluding tert-OH is 1. The molecule has 22 heteroatoms. The summed E-state index contributed by atoms with van der Waals surface area (Å²) in [5.41, 5.74) is 0.874. The fourth-order valence-electron chi connectivity index (χ4n) is 9.46. The molecule has 19 atom stereocenters. The van der Waals surface area contributed by atoms with Crippen molar-refractivity contribution in [1.82, 2.24) is 10.6 Å². The van der Waals surface area contributed by atoms with Crippen LogP contribution in [0.1, 0.15) is 26.2 Å². The van der Waals surface area contributed by atoms with Crippen molar-refractivity contribution in [3.63, 3.8) is 0 Å². The normalized spacial score (nSPS) is 38.9. The zero-order valence-corrected chi connectivity index (χ0v) is 41.5. The van der Waals surface area contributed by atoms with Crippen molar-refractivity contribution >= 4 is 27.6 Å². The molecule has 4 rings (SSSR count). The molecule has 3 aliphatic heterocycles. The third kappa shape index (κ3) is 13.7. The lowest BCUT2D eigenvalue weighted by Gasteiger charge is -2.51. The number of hydrogen-bond acceptors (Lipinski definition) is 20. The number of ether oxygens (including phenoxy) is 16. The van der Waals surface area contributed by atoms with Gasteiger partial charge in [-0.3, -0.25) is 9.59 Å². The number of aliphatic hydroxyl groups is 1. The number of hydrogen-bond donors (Lipinski definition) is 3. The Morgan fingerprint density at radius 1 is 0.615 bits per heavy atom. The van der Waals surface area contributed by atoms with E-state index in [2.05, 4.69) is 26.6 Å². The minimum atomic E-state index is -1.11. The van der Waals surface area contributed by atoms with E-state index in [1.807, 2.05) is 13.0 Å². The van der Waals surface area contributed by atoms with Crippen molar-refractivity contribution in [2.75, 3.05) is 110 Å². The van der Waals surface area contributed by atoms with E-state index in [1.54, 1.807) is 35.5 Å². The average molecular weight is 1000 g/mol. The van der Waals surface area contributed by atoms with Crippen LogP contribution in [0.4, 0.5) is 0 Å². The highest BCUT2D eigenvalue weighted by atomic mass is 79.9. The molecule has 378 valence electrons. The van der Waals surface area contributed by atoms with E-state index < -0.39 is 104 Å². The molecule has 0 aromatic heterocycles. The molecule has 0 aromatic carbocycles. The van der Waals surface area contributed by atoms with Gasteiger partial charge < -0.3 is 91.5 Å². The van der Waals surface area contributed by atoms with Gasteiger partial charge in [-0.2, -0.15) is 0 Å². The van der Waals surface area contributed by atoms with Crippen molar-refractivity contribution in [2.24, 2.45) is 5.92 Å². The van der Waals surface area contributed by atoms with Crippen LogP contribution < -0.4 is 10.6 Å². The molecule has 3 fully saturated rings.